The number of aliphatic imine (C=N–C) groups is 1. The lowest BCUT2D eigenvalue weighted by molar-refractivity contribution is 0.780. The number of fused-ring (bicyclic) bond motifs is 3. The minimum absolute atomic E-state index is 0.179. The number of para-hydroxylation sites is 1. The number of amidine groups is 1. The Balaban J connectivity index is 1.70. The summed E-state index contributed by atoms with van der Waals surface area (Å²) in [5.41, 5.74) is 3.70. The van der Waals surface area contributed by atoms with Crippen LogP contribution in [0.2, 0.25) is 5.02 Å². The Hall–Kier alpha value is -2.06. The molecule has 3 heteroatoms. The number of hydrogen-bond acceptors (Lipinski definition) is 2. The van der Waals surface area contributed by atoms with Crippen LogP contribution in [0.15, 0.2) is 59.6 Å². The smallest absolute Gasteiger partial charge is 0.128 e. The van der Waals surface area contributed by atoms with E-state index < -0.39 is 0 Å². The van der Waals surface area contributed by atoms with E-state index in [9.17, 15) is 0 Å². The molecule has 2 aromatic rings. The minimum Gasteiger partial charge on any atom is -0.324 e. The molecule has 0 bridgehead atoms. The zero-order valence-corrected chi connectivity index (χ0v) is 11.6. The predicted molar refractivity (Wildman–Crippen MR) is 84.5 cm³/mol. The summed E-state index contributed by atoms with van der Waals surface area (Å²) in [7, 11) is 0. The molecule has 2 aliphatic heterocycles. The van der Waals surface area contributed by atoms with Crippen molar-refractivity contribution in [2.24, 2.45) is 4.99 Å². The summed E-state index contributed by atoms with van der Waals surface area (Å²) in [6.45, 7) is 0.887. The third kappa shape index (κ3) is 1.84. The van der Waals surface area contributed by atoms with Crippen molar-refractivity contribution in [1.82, 2.24) is 0 Å². The Morgan fingerprint density at radius 3 is 2.65 bits per heavy atom. The second-order valence-electron chi connectivity index (χ2n) is 5.06. The van der Waals surface area contributed by atoms with Crippen molar-refractivity contribution >= 4 is 29.2 Å². The standard InChI is InChI=1S/C17H13ClN2/c18-14-8-5-12(6-9-14)15-11-20-16-4-2-1-3-13(16)7-10-17(20)19-15/h1-10,15H,11H2. The van der Waals surface area contributed by atoms with Crippen LogP contribution in [0, 0.1) is 0 Å². The van der Waals surface area contributed by atoms with Crippen LogP contribution in [0.1, 0.15) is 17.2 Å². The monoisotopic (exact) mass is 280 g/mol. The van der Waals surface area contributed by atoms with Crippen LogP contribution in [0.3, 0.4) is 0 Å². The molecule has 0 spiro atoms. The highest BCUT2D eigenvalue weighted by atomic mass is 35.5. The lowest BCUT2D eigenvalue weighted by Gasteiger charge is -2.24. The second-order valence-corrected chi connectivity index (χ2v) is 5.49. The van der Waals surface area contributed by atoms with Crippen molar-refractivity contribution in [3.05, 3.63) is 70.8 Å². The summed E-state index contributed by atoms with van der Waals surface area (Å²) in [5.74, 6) is 1.05. The molecule has 98 valence electrons. The molecule has 0 aromatic heterocycles. The lowest BCUT2D eigenvalue weighted by atomic mass is 10.1. The summed E-state index contributed by atoms with van der Waals surface area (Å²) in [5, 5.41) is 0.766. The summed E-state index contributed by atoms with van der Waals surface area (Å²) < 4.78 is 0. The lowest BCUT2D eigenvalue weighted by Crippen LogP contribution is -2.28. The zero-order valence-electron chi connectivity index (χ0n) is 10.8. The average molecular weight is 281 g/mol. The molecular weight excluding hydrogens is 268 g/mol. The van der Waals surface area contributed by atoms with Gasteiger partial charge in [-0.2, -0.15) is 0 Å². The van der Waals surface area contributed by atoms with Crippen LogP contribution < -0.4 is 4.90 Å². The molecule has 20 heavy (non-hydrogen) atoms. The van der Waals surface area contributed by atoms with Gasteiger partial charge in [-0.15, -0.1) is 0 Å². The van der Waals surface area contributed by atoms with Crippen molar-refractivity contribution in [3.8, 4) is 0 Å². The van der Waals surface area contributed by atoms with Crippen molar-refractivity contribution in [2.45, 2.75) is 6.04 Å². The van der Waals surface area contributed by atoms with Crippen LogP contribution in [0.25, 0.3) is 6.08 Å². The molecule has 2 aromatic carbocycles. The Morgan fingerprint density at radius 1 is 1.00 bits per heavy atom. The molecule has 0 fully saturated rings. The molecule has 2 aliphatic rings. The summed E-state index contributed by atoms with van der Waals surface area (Å²) in [6, 6.07) is 16.6. The van der Waals surface area contributed by atoms with Gasteiger partial charge in [0.2, 0.25) is 0 Å². The van der Waals surface area contributed by atoms with Gasteiger partial charge in [0.15, 0.2) is 0 Å². The van der Waals surface area contributed by atoms with Gasteiger partial charge >= 0.3 is 0 Å². The number of halogens is 1. The minimum atomic E-state index is 0.179. The van der Waals surface area contributed by atoms with Crippen LogP contribution in [0.4, 0.5) is 5.69 Å². The van der Waals surface area contributed by atoms with Crippen LogP contribution in [-0.4, -0.2) is 12.4 Å². The molecule has 0 saturated carbocycles. The molecular formula is C17H13ClN2. The number of nitrogens with zero attached hydrogens (tertiary/aromatic N) is 2. The van der Waals surface area contributed by atoms with Crippen molar-refractivity contribution in [3.63, 3.8) is 0 Å². The fraction of sp³-hybridized carbons (Fsp3) is 0.118. The Bertz CT molecular complexity index is 716. The molecule has 1 atom stereocenters. The number of benzene rings is 2. The third-order valence-electron chi connectivity index (χ3n) is 3.81. The van der Waals surface area contributed by atoms with Gasteiger partial charge in [0.25, 0.3) is 0 Å². The molecule has 0 radical (unpaired) electrons. The van der Waals surface area contributed by atoms with E-state index in [2.05, 4.69) is 53.5 Å². The first-order valence-electron chi connectivity index (χ1n) is 6.69. The van der Waals surface area contributed by atoms with E-state index in [1.807, 2.05) is 12.1 Å². The fourth-order valence-corrected chi connectivity index (χ4v) is 2.92. The zero-order chi connectivity index (χ0) is 13.5. The van der Waals surface area contributed by atoms with Crippen LogP contribution >= 0.6 is 11.6 Å². The first-order valence-corrected chi connectivity index (χ1v) is 7.07. The fourth-order valence-electron chi connectivity index (χ4n) is 2.79. The molecule has 0 aliphatic carbocycles. The molecule has 0 amide bonds. The molecule has 0 saturated heterocycles. The average Bonchev–Trinajstić information content (AvgIpc) is 2.92. The maximum Gasteiger partial charge on any atom is 0.128 e. The summed E-state index contributed by atoms with van der Waals surface area (Å²) in [6.07, 6.45) is 4.23. The van der Waals surface area contributed by atoms with Crippen molar-refractivity contribution in [2.75, 3.05) is 11.4 Å². The van der Waals surface area contributed by atoms with Gasteiger partial charge in [-0.3, -0.25) is 4.99 Å². The third-order valence-corrected chi connectivity index (χ3v) is 4.07. The van der Waals surface area contributed by atoms with Crippen molar-refractivity contribution in [1.29, 1.82) is 0 Å². The highest BCUT2D eigenvalue weighted by Crippen LogP contribution is 2.34. The quantitative estimate of drug-likeness (QED) is 0.759. The number of hydrogen-bond donors (Lipinski definition) is 0. The van der Waals surface area contributed by atoms with E-state index in [4.69, 9.17) is 16.6 Å². The SMILES string of the molecule is Clc1ccc(C2CN3C(=N2)C=Cc2ccccc23)cc1. The second kappa shape index (κ2) is 4.50. The van der Waals surface area contributed by atoms with Gasteiger partial charge in [-0.05, 0) is 41.5 Å². The molecule has 2 heterocycles. The summed E-state index contributed by atoms with van der Waals surface area (Å²) >= 11 is 5.95. The van der Waals surface area contributed by atoms with E-state index in [0.29, 0.717) is 0 Å². The highest BCUT2D eigenvalue weighted by molar-refractivity contribution is 6.30. The topological polar surface area (TPSA) is 15.6 Å². The molecule has 4 rings (SSSR count). The van der Waals surface area contributed by atoms with E-state index >= 15 is 0 Å². The predicted octanol–water partition coefficient (Wildman–Crippen LogP) is 4.33. The van der Waals surface area contributed by atoms with Gasteiger partial charge in [-0.25, -0.2) is 0 Å². The molecule has 2 nitrogen and oxygen atoms in total. The first-order chi connectivity index (χ1) is 9.81. The Labute approximate surface area is 123 Å². The van der Waals surface area contributed by atoms with E-state index in [0.717, 1.165) is 17.4 Å². The van der Waals surface area contributed by atoms with Gasteiger partial charge in [0.1, 0.15) is 5.84 Å². The van der Waals surface area contributed by atoms with Crippen LogP contribution in [-0.2, 0) is 0 Å². The Kier molecular flexibility index (Phi) is 2.64. The largest absolute Gasteiger partial charge is 0.324 e. The van der Waals surface area contributed by atoms with Gasteiger partial charge in [0, 0.05) is 10.7 Å². The van der Waals surface area contributed by atoms with E-state index in [1.165, 1.54) is 16.8 Å². The first kappa shape index (κ1) is 11.7. The molecule has 1 unspecified atom stereocenters. The van der Waals surface area contributed by atoms with E-state index in [-0.39, 0.29) is 6.04 Å². The normalized spacial score (nSPS) is 19.6. The maximum absolute atomic E-state index is 5.95. The summed E-state index contributed by atoms with van der Waals surface area (Å²) in [4.78, 5) is 7.11. The van der Waals surface area contributed by atoms with Crippen molar-refractivity contribution < 1.29 is 0 Å². The van der Waals surface area contributed by atoms with Gasteiger partial charge in [-0.1, -0.05) is 41.9 Å². The van der Waals surface area contributed by atoms with Gasteiger partial charge < -0.3 is 4.90 Å². The van der Waals surface area contributed by atoms with Crippen LogP contribution in [0.5, 0.6) is 0 Å². The highest BCUT2D eigenvalue weighted by Gasteiger charge is 2.28. The maximum atomic E-state index is 5.95. The molecule has 0 N–H and O–H groups in total. The van der Waals surface area contributed by atoms with Gasteiger partial charge in [0.05, 0.1) is 12.6 Å². The van der Waals surface area contributed by atoms with E-state index in [1.54, 1.807) is 0 Å². The number of anilines is 1. The Morgan fingerprint density at radius 2 is 1.80 bits per heavy atom. The number of rotatable bonds is 1.